The molecule has 0 aliphatic heterocycles. The molecule has 0 saturated carbocycles. The summed E-state index contributed by atoms with van der Waals surface area (Å²) < 4.78 is 7.32. The first-order valence-corrected chi connectivity index (χ1v) is 6.44. The molecule has 0 saturated heterocycles. The zero-order valence-corrected chi connectivity index (χ0v) is 12.3. The summed E-state index contributed by atoms with van der Waals surface area (Å²) in [6.07, 6.45) is 2.63. The number of hydrogen-bond donors (Lipinski definition) is 1. The van der Waals surface area contributed by atoms with Crippen molar-refractivity contribution < 1.29 is 14.6 Å². The summed E-state index contributed by atoms with van der Waals surface area (Å²) in [5.74, 6) is -0.263. The monoisotopic (exact) mass is 396 g/mol. The molecule has 0 fully saturated rings. The summed E-state index contributed by atoms with van der Waals surface area (Å²) in [5, 5.41) is 8.59. The van der Waals surface area contributed by atoms with Gasteiger partial charge < -0.3 is 9.84 Å². The van der Waals surface area contributed by atoms with Gasteiger partial charge in [0.25, 0.3) is 0 Å². The lowest BCUT2D eigenvalue weighted by Gasteiger charge is -2.10. The highest BCUT2D eigenvalue weighted by Gasteiger charge is 2.07. The van der Waals surface area contributed by atoms with Crippen LogP contribution in [0.15, 0.2) is 22.7 Å². The van der Waals surface area contributed by atoms with Crippen molar-refractivity contribution in [1.82, 2.24) is 0 Å². The number of carboxylic acid groups (broad SMARTS) is 1. The molecule has 1 aromatic rings. The van der Waals surface area contributed by atoms with E-state index in [2.05, 4.69) is 38.5 Å². The van der Waals surface area contributed by atoms with Crippen LogP contribution in [0.25, 0.3) is 6.08 Å². The zero-order chi connectivity index (χ0) is 12.1. The number of benzene rings is 1. The molecule has 0 atom stereocenters. The zero-order valence-electron chi connectivity index (χ0n) is 8.54. The molecule has 0 spiro atoms. The largest absolute Gasteiger partial charge is 0.492 e. The lowest BCUT2D eigenvalue weighted by atomic mass is 10.2. The third-order valence-corrected chi connectivity index (χ3v) is 2.99. The SMILES string of the molecule is CCOc1c(I)cc(Br)cc1/C=C/C(=O)O. The molecular weight excluding hydrogens is 387 g/mol. The topological polar surface area (TPSA) is 46.5 Å². The standard InChI is InChI=1S/C11H10BrIO3/c1-2-16-11-7(3-4-10(14)15)5-8(12)6-9(11)13/h3-6H,2H2,1H3,(H,14,15)/b4-3+. The lowest BCUT2D eigenvalue weighted by Crippen LogP contribution is -1.97. The van der Waals surface area contributed by atoms with Gasteiger partial charge in [0.2, 0.25) is 0 Å². The Bertz CT molecular complexity index is 429. The molecule has 0 unspecified atom stereocenters. The molecule has 1 N–H and O–H groups in total. The second-order valence-corrected chi connectivity index (χ2v) is 4.99. The van der Waals surface area contributed by atoms with E-state index in [9.17, 15) is 4.79 Å². The lowest BCUT2D eigenvalue weighted by molar-refractivity contribution is -0.131. The van der Waals surface area contributed by atoms with E-state index >= 15 is 0 Å². The number of ether oxygens (including phenoxy) is 1. The van der Waals surface area contributed by atoms with E-state index < -0.39 is 5.97 Å². The summed E-state index contributed by atoms with van der Waals surface area (Å²) in [4.78, 5) is 10.5. The number of halogens is 2. The quantitative estimate of drug-likeness (QED) is 0.625. The van der Waals surface area contributed by atoms with E-state index in [1.807, 2.05) is 19.1 Å². The van der Waals surface area contributed by atoms with Crippen LogP contribution >= 0.6 is 38.5 Å². The van der Waals surface area contributed by atoms with Gasteiger partial charge >= 0.3 is 5.97 Å². The average molecular weight is 397 g/mol. The second-order valence-electron chi connectivity index (χ2n) is 2.91. The molecule has 0 amide bonds. The Morgan fingerprint density at radius 1 is 1.62 bits per heavy atom. The van der Waals surface area contributed by atoms with E-state index in [1.54, 1.807) is 0 Å². The van der Waals surface area contributed by atoms with Crippen LogP contribution in [0.4, 0.5) is 0 Å². The van der Waals surface area contributed by atoms with Gasteiger partial charge in [-0.1, -0.05) is 15.9 Å². The Kier molecular flexibility index (Phi) is 5.27. The maximum atomic E-state index is 10.5. The van der Waals surface area contributed by atoms with Gasteiger partial charge in [-0.15, -0.1) is 0 Å². The Hall–Kier alpha value is -0.560. The van der Waals surface area contributed by atoms with Gasteiger partial charge in [-0.3, -0.25) is 0 Å². The van der Waals surface area contributed by atoms with Crippen LogP contribution in [-0.4, -0.2) is 17.7 Å². The summed E-state index contributed by atoms with van der Waals surface area (Å²) >= 11 is 5.52. The molecule has 0 bridgehead atoms. The Morgan fingerprint density at radius 2 is 2.31 bits per heavy atom. The van der Waals surface area contributed by atoms with Crippen LogP contribution in [0.2, 0.25) is 0 Å². The number of rotatable bonds is 4. The fraction of sp³-hybridized carbons (Fsp3) is 0.182. The highest BCUT2D eigenvalue weighted by Crippen LogP contribution is 2.30. The Labute approximate surface area is 116 Å². The molecule has 3 nitrogen and oxygen atoms in total. The molecule has 16 heavy (non-hydrogen) atoms. The molecular formula is C11H10BrIO3. The summed E-state index contributed by atoms with van der Waals surface area (Å²) in [5.41, 5.74) is 0.753. The minimum Gasteiger partial charge on any atom is -0.492 e. The second kappa shape index (κ2) is 6.24. The van der Waals surface area contributed by atoms with Crippen LogP contribution in [0.5, 0.6) is 5.75 Å². The van der Waals surface area contributed by atoms with Crippen molar-refractivity contribution in [1.29, 1.82) is 0 Å². The van der Waals surface area contributed by atoms with Gasteiger partial charge in [-0.05, 0) is 47.7 Å². The molecule has 1 rings (SSSR count). The van der Waals surface area contributed by atoms with E-state index in [-0.39, 0.29) is 0 Å². The molecule has 0 aliphatic rings. The summed E-state index contributed by atoms with van der Waals surface area (Å²) in [6.45, 7) is 2.44. The van der Waals surface area contributed by atoms with Gasteiger partial charge in [-0.25, -0.2) is 4.79 Å². The van der Waals surface area contributed by atoms with E-state index in [0.29, 0.717) is 12.4 Å². The number of hydrogen-bond acceptors (Lipinski definition) is 2. The highest BCUT2D eigenvalue weighted by atomic mass is 127. The predicted octanol–water partition coefficient (Wildman–Crippen LogP) is 3.55. The van der Waals surface area contributed by atoms with Crippen LogP contribution < -0.4 is 4.74 Å². The molecule has 5 heteroatoms. The van der Waals surface area contributed by atoms with E-state index in [1.165, 1.54) is 6.08 Å². The van der Waals surface area contributed by atoms with Crippen molar-refractivity contribution >= 4 is 50.6 Å². The maximum Gasteiger partial charge on any atom is 0.328 e. The highest BCUT2D eigenvalue weighted by molar-refractivity contribution is 14.1. The molecule has 0 aliphatic carbocycles. The van der Waals surface area contributed by atoms with Crippen molar-refractivity contribution in [3.05, 3.63) is 31.8 Å². The fourth-order valence-corrected chi connectivity index (χ4v) is 2.87. The summed E-state index contributed by atoms with van der Waals surface area (Å²) in [7, 11) is 0. The van der Waals surface area contributed by atoms with Gasteiger partial charge in [0.15, 0.2) is 0 Å². The predicted molar refractivity (Wildman–Crippen MR) is 74.7 cm³/mol. The average Bonchev–Trinajstić information content (AvgIpc) is 2.19. The van der Waals surface area contributed by atoms with Crippen molar-refractivity contribution in [2.45, 2.75) is 6.92 Å². The first-order chi connectivity index (χ1) is 7.54. The first kappa shape index (κ1) is 13.5. The van der Waals surface area contributed by atoms with Crippen molar-refractivity contribution in [2.24, 2.45) is 0 Å². The van der Waals surface area contributed by atoms with Crippen molar-refractivity contribution in [2.75, 3.05) is 6.61 Å². The van der Waals surface area contributed by atoms with Crippen LogP contribution in [0.3, 0.4) is 0 Å². The van der Waals surface area contributed by atoms with Gasteiger partial charge in [0.05, 0.1) is 10.2 Å². The van der Waals surface area contributed by atoms with Gasteiger partial charge in [0, 0.05) is 16.1 Å². The third-order valence-electron chi connectivity index (χ3n) is 1.73. The first-order valence-electron chi connectivity index (χ1n) is 4.57. The Balaban J connectivity index is 3.18. The number of carboxylic acids is 1. The molecule has 0 heterocycles. The molecule has 1 aromatic carbocycles. The van der Waals surface area contributed by atoms with Crippen LogP contribution in [-0.2, 0) is 4.79 Å². The number of carbonyl (C=O) groups is 1. The molecule has 86 valence electrons. The minimum atomic E-state index is -0.975. The summed E-state index contributed by atoms with van der Waals surface area (Å²) in [6, 6.07) is 3.75. The minimum absolute atomic E-state index is 0.547. The third kappa shape index (κ3) is 3.79. The molecule has 0 aromatic heterocycles. The van der Waals surface area contributed by atoms with E-state index in [0.717, 1.165) is 19.7 Å². The smallest absolute Gasteiger partial charge is 0.328 e. The van der Waals surface area contributed by atoms with E-state index in [4.69, 9.17) is 9.84 Å². The van der Waals surface area contributed by atoms with Crippen molar-refractivity contribution in [3.63, 3.8) is 0 Å². The fourth-order valence-electron chi connectivity index (χ4n) is 1.16. The van der Waals surface area contributed by atoms with Crippen LogP contribution in [0, 0.1) is 3.57 Å². The van der Waals surface area contributed by atoms with Crippen LogP contribution in [0.1, 0.15) is 12.5 Å². The maximum absolute atomic E-state index is 10.5. The normalized spacial score (nSPS) is 10.7. The molecule has 0 radical (unpaired) electrons. The van der Waals surface area contributed by atoms with Crippen molar-refractivity contribution in [3.8, 4) is 5.75 Å². The van der Waals surface area contributed by atoms with Gasteiger partial charge in [0.1, 0.15) is 5.75 Å². The number of aliphatic carboxylic acids is 1. The Morgan fingerprint density at radius 3 is 2.88 bits per heavy atom. The van der Waals surface area contributed by atoms with Gasteiger partial charge in [-0.2, -0.15) is 0 Å².